The van der Waals surface area contributed by atoms with Crippen molar-refractivity contribution in [2.45, 2.75) is 50.3 Å². The molecule has 0 saturated carbocycles. The third-order valence-electron chi connectivity index (χ3n) is 4.45. The predicted molar refractivity (Wildman–Crippen MR) is 57.6 cm³/mol. The second-order valence-electron chi connectivity index (χ2n) is 5.41. The van der Waals surface area contributed by atoms with Gasteiger partial charge >= 0.3 is 0 Å². The highest BCUT2D eigenvalue weighted by Gasteiger charge is 2.44. The van der Waals surface area contributed by atoms with E-state index in [2.05, 4.69) is 5.32 Å². The van der Waals surface area contributed by atoms with Crippen molar-refractivity contribution in [3.05, 3.63) is 0 Å². The Morgan fingerprint density at radius 3 is 2.93 bits per heavy atom. The van der Waals surface area contributed by atoms with E-state index in [-0.39, 0.29) is 6.10 Å². The summed E-state index contributed by atoms with van der Waals surface area (Å²) in [6.45, 7) is 1.78. The monoisotopic (exact) mass is 211 g/mol. The third-order valence-corrected chi connectivity index (χ3v) is 4.45. The van der Waals surface area contributed by atoms with Gasteiger partial charge in [0.15, 0.2) is 0 Å². The molecule has 3 aliphatic rings. The largest absolute Gasteiger partial charge is 0.393 e. The molecule has 3 nitrogen and oxygen atoms in total. The van der Waals surface area contributed by atoms with Crippen molar-refractivity contribution in [2.24, 2.45) is 11.8 Å². The quantitative estimate of drug-likeness (QED) is 0.677. The number of nitrogens with one attached hydrogen (secondary N) is 1. The lowest BCUT2D eigenvalue weighted by Crippen LogP contribution is -2.52. The Bertz CT molecular complexity index is 228. The predicted octanol–water partition coefficient (Wildman–Crippen LogP) is 0.914. The van der Waals surface area contributed by atoms with Crippen LogP contribution in [0, 0.1) is 11.8 Å². The summed E-state index contributed by atoms with van der Waals surface area (Å²) in [6.07, 6.45) is 5.79. The van der Waals surface area contributed by atoms with Crippen LogP contribution in [0.2, 0.25) is 0 Å². The molecule has 3 heteroatoms. The van der Waals surface area contributed by atoms with Gasteiger partial charge in [0.25, 0.3) is 0 Å². The molecule has 0 radical (unpaired) electrons. The lowest BCUT2D eigenvalue weighted by atomic mass is 9.77. The van der Waals surface area contributed by atoms with Crippen LogP contribution in [0.25, 0.3) is 0 Å². The Labute approximate surface area is 91.2 Å². The number of fused-ring (bicyclic) bond motifs is 2. The second-order valence-corrected chi connectivity index (χ2v) is 5.41. The van der Waals surface area contributed by atoms with Crippen LogP contribution in [0.3, 0.4) is 0 Å². The summed E-state index contributed by atoms with van der Waals surface area (Å²) in [7, 11) is 0. The van der Waals surface area contributed by atoms with E-state index in [0.717, 1.165) is 19.6 Å². The Hall–Kier alpha value is -0.120. The molecule has 5 unspecified atom stereocenters. The molecule has 0 aromatic rings. The van der Waals surface area contributed by atoms with Crippen LogP contribution >= 0.6 is 0 Å². The van der Waals surface area contributed by atoms with Crippen LogP contribution in [0.15, 0.2) is 0 Å². The average Bonchev–Trinajstić information content (AvgIpc) is 2.62. The zero-order valence-corrected chi connectivity index (χ0v) is 9.19. The molecular formula is C12H21NO2. The molecule has 3 aliphatic heterocycles. The van der Waals surface area contributed by atoms with Gasteiger partial charge in [-0.15, -0.1) is 0 Å². The van der Waals surface area contributed by atoms with Crippen LogP contribution in [0.5, 0.6) is 0 Å². The van der Waals surface area contributed by atoms with Crippen molar-refractivity contribution >= 4 is 0 Å². The number of rotatable bonds is 1. The molecule has 0 spiro atoms. The molecule has 3 heterocycles. The minimum Gasteiger partial charge on any atom is -0.393 e. The van der Waals surface area contributed by atoms with Gasteiger partial charge < -0.3 is 15.2 Å². The molecule has 86 valence electrons. The van der Waals surface area contributed by atoms with Gasteiger partial charge in [0.05, 0.1) is 6.10 Å². The Morgan fingerprint density at radius 2 is 2.13 bits per heavy atom. The zero-order valence-electron chi connectivity index (χ0n) is 9.19. The number of hydrogen-bond donors (Lipinski definition) is 2. The van der Waals surface area contributed by atoms with Crippen molar-refractivity contribution in [1.82, 2.24) is 5.32 Å². The van der Waals surface area contributed by atoms with Crippen LogP contribution in [0.4, 0.5) is 0 Å². The maximum atomic E-state index is 10.2. The van der Waals surface area contributed by atoms with Crippen molar-refractivity contribution in [2.75, 3.05) is 13.2 Å². The molecule has 3 rings (SSSR count). The fourth-order valence-electron chi connectivity index (χ4n) is 3.77. The van der Waals surface area contributed by atoms with E-state index in [4.69, 9.17) is 4.74 Å². The summed E-state index contributed by atoms with van der Waals surface area (Å²) in [5, 5.41) is 13.9. The van der Waals surface area contributed by atoms with E-state index in [1.54, 1.807) is 0 Å². The normalized spacial score (nSPS) is 50.6. The summed E-state index contributed by atoms with van der Waals surface area (Å²) in [6, 6.07) is 1.15. The van der Waals surface area contributed by atoms with Crippen LogP contribution in [-0.4, -0.2) is 36.5 Å². The SMILES string of the molecule is OC1CC2CCC(N2)C1C1CCCOC1. The summed E-state index contributed by atoms with van der Waals surface area (Å²) in [5.41, 5.74) is 0. The Kier molecular flexibility index (Phi) is 2.71. The fraction of sp³-hybridized carbons (Fsp3) is 1.00. The van der Waals surface area contributed by atoms with Crippen LogP contribution < -0.4 is 5.32 Å². The van der Waals surface area contributed by atoms with Gasteiger partial charge in [-0.25, -0.2) is 0 Å². The van der Waals surface area contributed by atoms with Crippen molar-refractivity contribution in [3.63, 3.8) is 0 Å². The maximum absolute atomic E-state index is 10.2. The van der Waals surface area contributed by atoms with E-state index in [9.17, 15) is 5.11 Å². The highest BCUT2D eigenvalue weighted by Crippen LogP contribution is 2.38. The molecule has 3 fully saturated rings. The number of hydrogen-bond acceptors (Lipinski definition) is 3. The summed E-state index contributed by atoms with van der Waals surface area (Å²) >= 11 is 0. The summed E-state index contributed by atoms with van der Waals surface area (Å²) in [4.78, 5) is 0. The highest BCUT2D eigenvalue weighted by atomic mass is 16.5. The number of piperidine rings is 1. The number of aliphatic hydroxyl groups is 1. The summed E-state index contributed by atoms with van der Waals surface area (Å²) in [5.74, 6) is 1.04. The molecule has 3 saturated heterocycles. The van der Waals surface area contributed by atoms with Gasteiger partial charge in [-0.3, -0.25) is 0 Å². The van der Waals surface area contributed by atoms with E-state index < -0.39 is 0 Å². The lowest BCUT2D eigenvalue weighted by molar-refractivity contribution is -0.0375. The first-order valence-electron chi connectivity index (χ1n) is 6.36. The van der Waals surface area contributed by atoms with Gasteiger partial charge in [-0.05, 0) is 38.0 Å². The number of ether oxygens (including phenoxy) is 1. The van der Waals surface area contributed by atoms with Crippen molar-refractivity contribution in [3.8, 4) is 0 Å². The van der Waals surface area contributed by atoms with Gasteiger partial charge in [0.2, 0.25) is 0 Å². The molecule has 5 atom stereocenters. The molecule has 0 aromatic carbocycles. The van der Waals surface area contributed by atoms with Gasteiger partial charge in [-0.2, -0.15) is 0 Å². The molecule has 15 heavy (non-hydrogen) atoms. The van der Waals surface area contributed by atoms with Gasteiger partial charge in [-0.1, -0.05) is 0 Å². The molecular weight excluding hydrogens is 190 g/mol. The molecule has 0 aromatic heterocycles. The topological polar surface area (TPSA) is 41.5 Å². The smallest absolute Gasteiger partial charge is 0.0601 e. The van der Waals surface area contributed by atoms with Crippen LogP contribution in [-0.2, 0) is 4.74 Å². The minimum atomic E-state index is -0.0875. The molecule has 2 bridgehead atoms. The Morgan fingerprint density at radius 1 is 1.20 bits per heavy atom. The first-order valence-corrected chi connectivity index (χ1v) is 6.36. The van der Waals surface area contributed by atoms with Gasteiger partial charge in [0.1, 0.15) is 0 Å². The molecule has 0 amide bonds. The number of aliphatic hydroxyl groups excluding tert-OH is 1. The van der Waals surface area contributed by atoms with E-state index in [1.165, 1.54) is 25.7 Å². The highest BCUT2D eigenvalue weighted by molar-refractivity contribution is 5.00. The summed E-state index contributed by atoms with van der Waals surface area (Å²) < 4.78 is 5.55. The fourth-order valence-corrected chi connectivity index (χ4v) is 3.77. The maximum Gasteiger partial charge on any atom is 0.0601 e. The van der Waals surface area contributed by atoms with Gasteiger partial charge in [0, 0.05) is 31.2 Å². The second kappa shape index (κ2) is 4.04. The first-order chi connectivity index (χ1) is 7.34. The lowest BCUT2D eigenvalue weighted by Gasteiger charge is -2.41. The molecule has 2 N–H and O–H groups in total. The molecule has 0 aliphatic carbocycles. The third kappa shape index (κ3) is 1.81. The Balaban J connectivity index is 1.71. The van der Waals surface area contributed by atoms with Crippen molar-refractivity contribution in [1.29, 1.82) is 0 Å². The van der Waals surface area contributed by atoms with E-state index in [1.807, 2.05) is 0 Å². The van der Waals surface area contributed by atoms with E-state index in [0.29, 0.717) is 23.9 Å². The standard InChI is InChI=1S/C12H21NO2/c14-11-6-9-3-4-10(13-9)12(11)8-2-1-5-15-7-8/h8-14H,1-7H2. The van der Waals surface area contributed by atoms with Crippen LogP contribution in [0.1, 0.15) is 32.1 Å². The van der Waals surface area contributed by atoms with Crippen molar-refractivity contribution < 1.29 is 9.84 Å². The van der Waals surface area contributed by atoms with E-state index >= 15 is 0 Å². The first kappa shape index (κ1) is 10.1. The minimum absolute atomic E-state index is 0.0875. The average molecular weight is 211 g/mol. The zero-order chi connectivity index (χ0) is 10.3.